The molecule has 0 fully saturated rings. The van der Waals surface area contributed by atoms with Crippen LogP contribution in [0.15, 0.2) is 72.8 Å². The number of hydrogen-bond donors (Lipinski definition) is 2. The maximum absolute atomic E-state index is 12.4. The molecular formula is C26H29N2O2+. The number of benzene rings is 3. The summed E-state index contributed by atoms with van der Waals surface area (Å²) in [5, 5.41) is 3.01. The minimum atomic E-state index is -0.0192. The van der Waals surface area contributed by atoms with Gasteiger partial charge < -0.3 is 15.0 Å². The number of ether oxygens (including phenoxy) is 1. The van der Waals surface area contributed by atoms with Crippen LogP contribution in [0.25, 0.3) is 0 Å². The molecule has 3 aromatic carbocycles. The van der Waals surface area contributed by atoms with Crippen molar-refractivity contribution < 1.29 is 14.4 Å². The Morgan fingerprint density at radius 1 is 0.933 bits per heavy atom. The van der Waals surface area contributed by atoms with E-state index in [4.69, 9.17) is 4.74 Å². The third-order valence-electron chi connectivity index (χ3n) is 5.84. The van der Waals surface area contributed by atoms with E-state index in [2.05, 4.69) is 41.7 Å². The lowest BCUT2D eigenvalue weighted by molar-refractivity contribution is -0.929. The fraction of sp³-hybridized carbons (Fsp3) is 0.269. The van der Waals surface area contributed by atoms with Crippen LogP contribution in [0.3, 0.4) is 0 Å². The fourth-order valence-electron chi connectivity index (χ4n) is 4.07. The van der Waals surface area contributed by atoms with Crippen molar-refractivity contribution in [3.05, 3.63) is 101 Å². The van der Waals surface area contributed by atoms with Gasteiger partial charge in [0, 0.05) is 29.7 Å². The number of fused-ring (bicyclic) bond motifs is 1. The van der Waals surface area contributed by atoms with Gasteiger partial charge in [-0.15, -0.1) is 0 Å². The lowest BCUT2D eigenvalue weighted by Crippen LogP contribution is -3.10. The summed E-state index contributed by atoms with van der Waals surface area (Å²) in [7, 11) is 1.66. The molecule has 1 aliphatic heterocycles. The molecule has 4 rings (SSSR count). The largest absolute Gasteiger partial charge is 0.497 e. The van der Waals surface area contributed by atoms with Crippen molar-refractivity contribution in [1.29, 1.82) is 0 Å². The number of amides is 1. The van der Waals surface area contributed by atoms with Crippen molar-refractivity contribution in [2.45, 2.75) is 25.9 Å². The fourth-order valence-corrected chi connectivity index (χ4v) is 4.07. The summed E-state index contributed by atoms with van der Waals surface area (Å²) in [5.74, 6) is 0.827. The maximum Gasteiger partial charge on any atom is 0.251 e. The van der Waals surface area contributed by atoms with Gasteiger partial charge in [-0.1, -0.05) is 48.5 Å². The van der Waals surface area contributed by atoms with E-state index in [-0.39, 0.29) is 5.91 Å². The number of quaternary nitrogens is 1. The Hall–Kier alpha value is -3.11. The van der Waals surface area contributed by atoms with Gasteiger partial charge in [0.05, 0.1) is 13.7 Å². The summed E-state index contributed by atoms with van der Waals surface area (Å²) in [6.45, 7) is 3.84. The van der Waals surface area contributed by atoms with Crippen molar-refractivity contribution in [3.8, 4) is 5.75 Å². The van der Waals surface area contributed by atoms with E-state index >= 15 is 0 Å². The molecule has 0 saturated heterocycles. The van der Waals surface area contributed by atoms with Crippen LogP contribution in [0, 0.1) is 0 Å². The number of carbonyl (C=O) groups excluding carboxylic acids is 1. The number of nitrogens with one attached hydrogen (secondary N) is 2. The van der Waals surface area contributed by atoms with Crippen molar-refractivity contribution in [2.75, 3.05) is 20.2 Å². The van der Waals surface area contributed by atoms with Crippen LogP contribution < -0.4 is 15.0 Å². The van der Waals surface area contributed by atoms with Gasteiger partial charge in [-0.05, 0) is 41.8 Å². The summed E-state index contributed by atoms with van der Waals surface area (Å²) < 4.78 is 5.17. The second-order valence-electron chi connectivity index (χ2n) is 7.92. The monoisotopic (exact) mass is 401 g/mol. The molecule has 0 radical (unpaired) electrons. The molecule has 1 unspecified atom stereocenters. The molecule has 154 valence electrons. The van der Waals surface area contributed by atoms with Crippen molar-refractivity contribution >= 4 is 5.91 Å². The van der Waals surface area contributed by atoms with Crippen LogP contribution in [-0.2, 0) is 25.9 Å². The van der Waals surface area contributed by atoms with E-state index in [1.165, 1.54) is 22.3 Å². The molecule has 4 nitrogen and oxygen atoms in total. The zero-order valence-corrected chi connectivity index (χ0v) is 17.5. The predicted octanol–water partition coefficient (Wildman–Crippen LogP) is 2.81. The number of hydrogen-bond acceptors (Lipinski definition) is 2. The topological polar surface area (TPSA) is 42.8 Å². The van der Waals surface area contributed by atoms with Crippen LogP contribution in [0.4, 0.5) is 0 Å². The third kappa shape index (κ3) is 5.08. The highest BCUT2D eigenvalue weighted by atomic mass is 16.5. The average molecular weight is 402 g/mol. The Labute approximate surface area is 178 Å². The molecule has 4 heteroatoms. The molecule has 1 heterocycles. The number of rotatable bonds is 7. The van der Waals surface area contributed by atoms with E-state index in [9.17, 15) is 4.79 Å². The van der Waals surface area contributed by atoms with Crippen molar-refractivity contribution in [1.82, 2.24) is 5.32 Å². The lowest BCUT2D eigenvalue weighted by Gasteiger charge is -2.26. The number of carbonyl (C=O) groups is 1. The van der Waals surface area contributed by atoms with Gasteiger partial charge in [-0.3, -0.25) is 4.79 Å². The summed E-state index contributed by atoms with van der Waals surface area (Å²) in [6, 6.07) is 24.7. The van der Waals surface area contributed by atoms with Gasteiger partial charge in [0.25, 0.3) is 5.91 Å². The highest BCUT2D eigenvalue weighted by molar-refractivity contribution is 5.94. The van der Waals surface area contributed by atoms with Crippen LogP contribution in [0.1, 0.15) is 32.6 Å². The molecule has 0 spiro atoms. The van der Waals surface area contributed by atoms with Gasteiger partial charge in [0.15, 0.2) is 0 Å². The SMILES string of the molecule is COc1ccc(CCNC(=O)c2ccc(C[NH+]3CCc4ccccc4C3)cc2)cc1. The van der Waals surface area contributed by atoms with Gasteiger partial charge in [-0.2, -0.15) is 0 Å². The Bertz CT molecular complexity index is 981. The number of methoxy groups -OCH3 is 1. The highest BCUT2D eigenvalue weighted by Crippen LogP contribution is 2.12. The smallest absolute Gasteiger partial charge is 0.251 e. The minimum Gasteiger partial charge on any atom is -0.497 e. The highest BCUT2D eigenvalue weighted by Gasteiger charge is 2.19. The molecule has 0 saturated carbocycles. The van der Waals surface area contributed by atoms with Crippen LogP contribution in [0.5, 0.6) is 5.75 Å². The second kappa shape index (κ2) is 9.59. The first kappa shape index (κ1) is 20.2. The average Bonchev–Trinajstić information content (AvgIpc) is 2.80. The first-order chi connectivity index (χ1) is 14.7. The summed E-state index contributed by atoms with van der Waals surface area (Å²) in [4.78, 5) is 14.0. The molecular weight excluding hydrogens is 372 g/mol. The van der Waals surface area contributed by atoms with Crippen LogP contribution in [-0.4, -0.2) is 26.1 Å². The first-order valence-electron chi connectivity index (χ1n) is 10.6. The minimum absolute atomic E-state index is 0.0192. The molecule has 30 heavy (non-hydrogen) atoms. The van der Waals surface area contributed by atoms with Crippen molar-refractivity contribution in [3.63, 3.8) is 0 Å². The van der Waals surface area contributed by atoms with Crippen molar-refractivity contribution in [2.24, 2.45) is 0 Å². The molecule has 0 aromatic heterocycles. The second-order valence-corrected chi connectivity index (χ2v) is 7.92. The van der Waals surface area contributed by atoms with E-state index < -0.39 is 0 Å². The molecule has 0 bridgehead atoms. The molecule has 1 atom stereocenters. The molecule has 0 aliphatic carbocycles. The van der Waals surface area contributed by atoms with E-state index in [0.29, 0.717) is 12.1 Å². The van der Waals surface area contributed by atoms with Gasteiger partial charge in [0.1, 0.15) is 18.8 Å². The molecule has 3 aromatic rings. The molecule has 1 aliphatic rings. The van der Waals surface area contributed by atoms with E-state index in [0.717, 1.165) is 38.2 Å². The Morgan fingerprint density at radius 2 is 1.63 bits per heavy atom. The zero-order valence-electron chi connectivity index (χ0n) is 17.5. The third-order valence-corrected chi connectivity index (χ3v) is 5.84. The van der Waals surface area contributed by atoms with Gasteiger partial charge in [-0.25, -0.2) is 0 Å². The normalized spacial score (nSPS) is 15.3. The Kier molecular flexibility index (Phi) is 6.45. The first-order valence-corrected chi connectivity index (χ1v) is 10.6. The molecule has 2 N–H and O–H groups in total. The summed E-state index contributed by atoms with van der Waals surface area (Å²) in [5.41, 5.74) is 6.12. The lowest BCUT2D eigenvalue weighted by atomic mass is 9.99. The predicted molar refractivity (Wildman–Crippen MR) is 119 cm³/mol. The Balaban J connectivity index is 1.26. The maximum atomic E-state index is 12.4. The van der Waals surface area contributed by atoms with Gasteiger partial charge >= 0.3 is 0 Å². The van der Waals surface area contributed by atoms with Gasteiger partial charge in [0.2, 0.25) is 0 Å². The Morgan fingerprint density at radius 3 is 2.37 bits per heavy atom. The standard InChI is InChI=1S/C26H28N2O2/c1-30-25-12-8-20(9-13-25)14-16-27-26(29)23-10-6-21(7-11-23)18-28-17-15-22-4-2-3-5-24(22)19-28/h2-13H,14-19H2,1H3,(H,27,29)/p+1. The summed E-state index contributed by atoms with van der Waals surface area (Å²) >= 11 is 0. The van der Waals surface area contributed by atoms with Crippen LogP contribution in [0.2, 0.25) is 0 Å². The molecule has 1 amide bonds. The summed E-state index contributed by atoms with van der Waals surface area (Å²) in [6.07, 6.45) is 1.94. The van der Waals surface area contributed by atoms with Crippen LogP contribution >= 0.6 is 0 Å². The zero-order chi connectivity index (χ0) is 20.8. The quantitative estimate of drug-likeness (QED) is 0.639. The van der Waals surface area contributed by atoms with E-state index in [1.54, 1.807) is 12.0 Å². The van der Waals surface area contributed by atoms with E-state index in [1.807, 2.05) is 36.4 Å².